The van der Waals surface area contributed by atoms with E-state index < -0.39 is 5.54 Å². The van der Waals surface area contributed by atoms with E-state index in [1.807, 2.05) is 60.3 Å². The quantitative estimate of drug-likeness (QED) is 0.237. The number of carbonyl (C=O) groups excluding carboxylic acids is 2. The molecule has 1 aliphatic heterocycles. The van der Waals surface area contributed by atoms with Crippen LogP contribution in [0.15, 0.2) is 73.1 Å². The van der Waals surface area contributed by atoms with Gasteiger partial charge < -0.3 is 25.0 Å². The van der Waals surface area contributed by atoms with Gasteiger partial charge in [-0.3, -0.25) is 14.6 Å². The van der Waals surface area contributed by atoms with Crippen LogP contribution >= 0.6 is 0 Å². The summed E-state index contributed by atoms with van der Waals surface area (Å²) in [6.07, 6.45) is 5.07. The fraction of sp³-hybridized carbons (Fsp3) is 0.432. The van der Waals surface area contributed by atoms with E-state index in [4.69, 9.17) is 0 Å². The first-order chi connectivity index (χ1) is 21.5. The molecule has 8 heteroatoms. The molecule has 2 aromatic carbocycles. The van der Waals surface area contributed by atoms with E-state index in [0.29, 0.717) is 25.8 Å². The summed E-state index contributed by atoms with van der Waals surface area (Å²) < 4.78 is 0. The van der Waals surface area contributed by atoms with E-state index in [9.17, 15) is 9.59 Å². The molecular formula is C37H46N6O2. The van der Waals surface area contributed by atoms with Crippen LogP contribution in [-0.4, -0.2) is 71.4 Å². The van der Waals surface area contributed by atoms with Crippen molar-refractivity contribution in [3.8, 4) is 0 Å². The third-order valence-corrected chi connectivity index (χ3v) is 10.5. The molecule has 2 aliphatic rings. The molecule has 8 nitrogen and oxygen atoms in total. The molecule has 0 bridgehead atoms. The Bertz CT molecular complexity index is 1670. The summed E-state index contributed by atoms with van der Waals surface area (Å²) in [6, 6.07) is 20.2. The number of rotatable bonds is 9. The number of carbonyl (C=O) groups is 2. The van der Waals surface area contributed by atoms with Crippen LogP contribution in [0.3, 0.4) is 0 Å². The minimum absolute atomic E-state index is 0.0274. The molecule has 1 saturated heterocycles. The Morgan fingerprint density at radius 3 is 2.40 bits per heavy atom. The zero-order valence-corrected chi connectivity index (χ0v) is 27.4. The smallest absolute Gasteiger partial charge is 0.250 e. The number of likely N-dealkylation sites (tertiary alicyclic amines) is 1. The SMILES string of the molecule is Cc1[nH]c2ccccc2c1[C@@H]1[C@@H](CC(=O)N(Cc2cccnc2)C2(C(=O)Nc3ccc(N(C)C)cc3)CCN(C)CC2)C1(C)C. The lowest BCUT2D eigenvalue weighted by Gasteiger charge is -2.47. The van der Waals surface area contributed by atoms with Gasteiger partial charge in [-0.05, 0) is 91.6 Å². The lowest BCUT2D eigenvalue weighted by atomic mass is 9.83. The third-order valence-electron chi connectivity index (χ3n) is 10.5. The predicted octanol–water partition coefficient (Wildman–Crippen LogP) is 6.20. The van der Waals surface area contributed by atoms with Gasteiger partial charge >= 0.3 is 0 Å². The Hall–Kier alpha value is -4.17. The summed E-state index contributed by atoms with van der Waals surface area (Å²) in [5.74, 6) is 0.337. The van der Waals surface area contributed by atoms with E-state index in [-0.39, 0.29) is 29.1 Å². The largest absolute Gasteiger partial charge is 0.378 e. The molecule has 45 heavy (non-hydrogen) atoms. The molecule has 0 spiro atoms. The number of hydrogen-bond acceptors (Lipinski definition) is 5. The van der Waals surface area contributed by atoms with Gasteiger partial charge in [0.2, 0.25) is 11.8 Å². The zero-order chi connectivity index (χ0) is 31.9. The Morgan fingerprint density at radius 1 is 1.02 bits per heavy atom. The normalized spacial score (nSPS) is 20.5. The van der Waals surface area contributed by atoms with Gasteiger partial charge in [-0.2, -0.15) is 0 Å². The average molecular weight is 607 g/mol. The Labute approximate surface area is 266 Å². The van der Waals surface area contributed by atoms with Crippen LogP contribution in [0.2, 0.25) is 0 Å². The number of nitrogens with one attached hydrogen (secondary N) is 2. The maximum atomic E-state index is 14.7. The van der Waals surface area contributed by atoms with Crippen LogP contribution in [0, 0.1) is 18.3 Å². The molecule has 2 atom stereocenters. The highest BCUT2D eigenvalue weighted by atomic mass is 16.2. The lowest BCUT2D eigenvalue weighted by Crippen LogP contribution is -2.62. The van der Waals surface area contributed by atoms with E-state index in [1.165, 1.54) is 16.6 Å². The Kier molecular flexibility index (Phi) is 8.20. The second-order valence-corrected chi connectivity index (χ2v) is 13.9. The van der Waals surface area contributed by atoms with Crippen molar-refractivity contribution in [3.05, 3.63) is 89.9 Å². The minimum Gasteiger partial charge on any atom is -0.378 e. The van der Waals surface area contributed by atoms with Crippen LogP contribution in [-0.2, 0) is 16.1 Å². The number of nitrogens with zero attached hydrogens (tertiary/aromatic N) is 4. The molecule has 3 heterocycles. The number of hydrogen-bond donors (Lipinski definition) is 2. The predicted molar refractivity (Wildman–Crippen MR) is 181 cm³/mol. The van der Waals surface area contributed by atoms with Gasteiger partial charge in [0.15, 0.2) is 0 Å². The van der Waals surface area contributed by atoms with E-state index in [2.05, 4.69) is 72.3 Å². The van der Waals surface area contributed by atoms with Crippen LogP contribution < -0.4 is 10.2 Å². The molecule has 0 radical (unpaired) electrons. The molecule has 0 unspecified atom stereocenters. The summed E-state index contributed by atoms with van der Waals surface area (Å²) in [7, 11) is 6.07. The summed E-state index contributed by atoms with van der Waals surface area (Å²) in [6.45, 7) is 8.49. The maximum Gasteiger partial charge on any atom is 0.250 e. The topological polar surface area (TPSA) is 84.6 Å². The molecule has 1 aliphatic carbocycles. The second-order valence-electron chi connectivity index (χ2n) is 13.9. The number of aryl methyl sites for hydroxylation is 1. The number of piperidine rings is 1. The summed E-state index contributed by atoms with van der Waals surface area (Å²) >= 11 is 0. The number of aromatic amines is 1. The minimum atomic E-state index is -0.981. The van der Waals surface area contributed by atoms with Crippen molar-refractivity contribution in [1.29, 1.82) is 0 Å². The van der Waals surface area contributed by atoms with Gasteiger partial charge in [-0.15, -0.1) is 0 Å². The molecule has 1 saturated carbocycles. The molecule has 2 N–H and O–H groups in total. The van der Waals surface area contributed by atoms with Crippen molar-refractivity contribution in [3.63, 3.8) is 0 Å². The van der Waals surface area contributed by atoms with Gasteiger partial charge in [0.05, 0.1) is 0 Å². The highest BCUT2D eigenvalue weighted by Gasteiger charge is 2.60. The standard InChI is InChI=1S/C37H46N6O2/c1-25-33(29-11-7-8-12-31(29)39-25)34-30(36(34,2)3)22-32(44)43(24-26-10-9-19-38-23-26)37(17-20-42(6)21-18-37)35(45)40-27-13-15-28(16-14-27)41(4)5/h7-16,19,23,30,34,39H,17-18,20-22,24H2,1-6H3,(H,40,45)/t30-,34+/m1/s1. The highest BCUT2D eigenvalue weighted by Crippen LogP contribution is 2.67. The molecular weight excluding hydrogens is 560 g/mol. The van der Waals surface area contributed by atoms with Crippen LogP contribution in [0.4, 0.5) is 11.4 Å². The monoisotopic (exact) mass is 606 g/mol. The van der Waals surface area contributed by atoms with Gasteiger partial charge in [-0.25, -0.2) is 0 Å². The number of pyridine rings is 1. The first-order valence-electron chi connectivity index (χ1n) is 16.1. The molecule has 2 amide bonds. The van der Waals surface area contributed by atoms with Gasteiger partial charge in [0.1, 0.15) is 5.54 Å². The van der Waals surface area contributed by atoms with E-state index in [0.717, 1.165) is 35.5 Å². The summed E-state index contributed by atoms with van der Waals surface area (Å²) in [5, 5.41) is 4.45. The van der Waals surface area contributed by atoms with Crippen molar-refractivity contribution in [2.24, 2.45) is 11.3 Å². The molecule has 2 aromatic heterocycles. The van der Waals surface area contributed by atoms with Crippen LogP contribution in [0.1, 0.15) is 55.8 Å². The first kappa shape index (κ1) is 30.8. The molecule has 2 fully saturated rings. The fourth-order valence-corrected chi connectivity index (χ4v) is 7.55. The third kappa shape index (κ3) is 5.84. The molecule has 6 rings (SSSR count). The summed E-state index contributed by atoms with van der Waals surface area (Å²) in [5.41, 5.74) is 5.32. The number of aromatic nitrogens is 2. The van der Waals surface area contributed by atoms with Gasteiger partial charge in [0, 0.05) is 80.5 Å². The van der Waals surface area contributed by atoms with Crippen molar-refractivity contribution in [2.45, 2.75) is 58.0 Å². The van der Waals surface area contributed by atoms with Crippen LogP contribution in [0.25, 0.3) is 10.9 Å². The molecule has 236 valence electrons. The number of anilines is 2. The molecule has 4 aromatic rings. The first-order valence-corrected chi connectivity index (χ1v) is 16.1. The number of amides is 2. The van der Waals surface area contributed by atoms with Crippen molar-refractivity contribution in [1.82, 2.24) is 19.8 Å². The fourth-order valence-electron chi connectivity index (χ4n) is 7.55. The number of para-hydroxylation sites is 1. The van der Waals surface area contributed by atoms with Crippen molar-refractivity contribution in [2.75, 3.05) is 44.4 Å². The van der Waals surface area contributed by atoms with E-state index in [1.54, 1.807) is 12.4 Å². The zero-order valence-electron chi connectivity index (χ0n) is 27.4. The van der Waals surface area contributed by atoms with Crippen molar-refractivity contribution >= 4 is 34.1 Å². The lowest BCUT2D eigenvalue weighted by molar-refractivity contribution is -0.150. The highest BCUT2D eigenvalue weighted by molar-refractivity contribution is 6.01. The van der Waals surface area contributed by atoms with E-state index >= 15 is 0 Å². The second kappa shape index (κ2) is 12.0. The Balaban J connectivity index is 1.33. The average Bonchev–Trinajstić information content (AvgIpc) is 3.37. The van der Waals surface area contributed by atoms with Crippen LogP contribution in [0.5, 0.6) is 0 Å². The van der Waals surface area contributed by atoms with Gasteiger partial charge in [-0.1, -0.05) is 38.1 Å². The van der Waals surface area contributed by atoms with Gasteiger partial charge in [0.25, 0.3) is 0 Å². The number of fused-ring (bicyclic) bond motifs is 1. The number of benzene rings is 2. The maximum absolute atomic E-state index is 14.7. The Morgan fingerprint density at radius 2 is 1.73 bits per heavy atom. The summed E-state index contributed by atoms with van der Waals surface area (Å²) in [4.78, 5) is 43.2. The number of H-pyrrole nitrogens is 1. The van der Waals surface area contributed by atoms with Crippen molar-refractivity contribution < 1.29 is 9.59 Å².